The predicted octanol–water partition coefficient (Wildman–Crippen LogP) is 1.56. The number of nitrogens with zero attached hydrogens (tertiary/aromatic N) is 2. The van der Waals surface area contributed by atoms with Crippen LogP contribution >= 0.6 is 0 Å². The predicted molar refractivity (Wildman–Crippen MR) is 111 cm³/mol. The molecule has 10 heteroatoms. The molecule has 2 atom stereocenters. The highest BCUT2D eigenvalue weighted by Crippen LogP contribution is 2.43. The van der Waals surface area contributed by atoms with Gasteiger partial charge in [-0.2, -0.15) is 5.06 Å². The molecule has 0 radical (unpaired) electrons. The van der Waals surface area contributed by atoms with Gasteiger partial charge in [0.05, 0.1) is 34.0 Å². The molecule has 2 unspecified atom stereocenters. The van der Waals surface area contributed by atoms with Crippen LogP contribution in [0, 0.1) is 0 Å². The number of hydrogen-bond donors (Lipinski definition) is 1. The first-order valence-corrected chi connectivity index (χ1v) is 11.0. The standard InChI is InChI=1S/C20H27N3O6S/c1-23-19(14-11-16(26-2)20(28-4)17(12-14)27-3)18(13-29-23)30(24,25)22-10-8-15-7-5-6-9-21-15/h5-7,9,11-12,18-19,22H,8,10,13H2,1-4H3. The summed E-state index contributed by atoms with van der Waals surface area (Å²) in [5.41, 5.74) is 1.51. The maximum Gasteiger partial charge on any atom is 0.218 e. The Morgan fingerprint density at radius 1 is 1.17 bits per heavy atom. The van der Waals surface area contributed by atoms with Gasteiger partial charge in [-0.3, -0.25) is 9.82 Å². The van der Waals surface area contributed by atoms with Gasteiger partial charge in [0.15, 0.2) is 11.5 Å². The number of hydroxylamine groups is 2. The van der Waals surface area contributed by atoms with Crippen LogP contribution < -0.4 is 18.9 Å². The highest BCUT2D eigenvalue weighted by atomic mass is 32.2. The highest BCUT2D eigenvalue weighted by molar-refractivity contribution is 7.90. The number of methoxy groups -OCH3 is 3. The molecule has 3 rings (SSSR count). The first kappa shape index (κ1) is 22.3. The van der Waals surface area contributed by atoms with Gasteiger partial charge >= 0.3 is 0 Å². The van der Waals surface area contributed by atoms with E-state index in [0.29, 0.717) is 29.2 Å². The van der Waals surface area contributed by atoms with Crippen molar-refractivity contribution < 1.29 is 27.5 Å². The summed E-state index contributed by atoms with van der Waals surface area (Å²) in [7, 11) is 2.58. The number of hydrogen-bond acceptors (Lipinski definition) is 8. The second-order valence-electron chi connectivity index (χ2n) is 6.79. The third kappa shape index (κ3) is 4.67. The van der Waals surface area contributed by atoms with Crippen LogP contribution in [-0.2, 0) is 21.3 Å². The molecule has 1 aromatic carbocycles. The van der Waals surface area contributed by atoms with E-state index in [1.54, 1.807) is 30.4 Å². The molecule has 2 aromatic rings. The fourth-order valence-corrected chi connectivity index (χ4v) is 5.04. The Kier molecular flexibility index (Phi) is 7.14. The number of pyridine rings is 1. The van der Waals surface area contributed by atoms with Crippen molar-refractivity contribution in [2.75, 3.05) is 41.5 Å². The van der Waals surface area contributed by atoms with E-state index in [1.165, 1.54) is 21.3 Å². The molecule has 1 aliphatic heterocycles. The SMILES string of the molecule is COc1cc(C2C(S(=O)(=O)NCCc3ccccn3)CON2C)cc(OC)c1OC. The van der Waals surface area contributed by atoms with Gasteiger partial charge in [0, 0.05) is 31.9 Å². The number of sulfonamides is 1. The third-order valence-electron chi connectivity index (χ3n) is 5.02. The van der Waals surface area contributed by atoms with Crippen LogP contribution in [0.2, 0.25) is 0 Å². The molecule has 1 aliphatic rings. The first-order chi connectivity index (χ1) is 14.4. The summed E-state index contributed by atoms with van der Waals surface area (Å²) < 4.78 is 45.0. The van der Waals surface area contributed by atoms with E-state index in [-0.39, 0.29) is 13.2 Å². The smallest absolute Gasteiger partial charge is 0.218 e. The van der Waals surface area contributed by atoms with Crippen LogP contribution in [0.15, 0.2) is 36.5 Å². The number of nitrogens with one attached hydrogen (secondary N) is 1. The van der Waals surface area contributed by atoms with Crippen molar-refractivity contribution in [2.24, 2.45) is 0 Å². The molecule has 1 saturated heterocycles. The molecule has 0 spiro atoms. The molecular weight excluding hydrogens is 410 g/mol. The molecule has 164 valence electrons. The normalized spacial score (nSPS) is 19.6. The lowest BCUT2D eigenvalue weighted by atomic mass is 10.0. The van der Waals surface area contributed by atoms with Crippen molar-refractivity contribution in [1.29, 1.82) is 0 Å². The first-order valence-electron chi connectivity index (χ1n) is 9.45. The van der Waals surface area contributed by atoms with Gasteiger partial charge in [-0.05, 0) is 29.8 Å². The van der Waals surface area contributed by atoms with E-state index >= 15 is 0 Å². The molecule has 1 aromatic heterocycles. The van der Waals surface area contributed by atoms with Crippen LogP contribution in [0.4, 0.5) is 0 Å². The van der Waals surface area contributed by atoms with E-state index in [2.05, 4.69) is 9.71 Å². The summed E-state index contributed by atoms with van der Waals surface area (Å²) in [5, 5.41) is 0.734. The van der Waals surface area contributed by atoms with Gasteiger partial charge in [0.25, 0.3) is 0 Å². The Morgan fingerprint density at radius 3 is 2.43 bits per heavy atom. The summed E-state index contributed by atoms with van der Waals surface area (Å²) >= 11 is 0. The van der Waals surface area contributed by atoms with Gasteiger partial charge in [-0.1, -0.05) is 6.07 Å². The van der Waals surface area contributed by atoms with Crippen molar-refractivity contribution in [3.05, 3.63) is 47.8 Å². The van der Waals surface area contributed by atoms with Crippen molar-refractivity contribution in [2.45, 2.75) is 17.7 Å². The second kappa shape index (κ2) is 9.61. The minimum absolute atomic E-state index is 0.0384. The topological polar surface area (TPSA) is 99.2 Å². The number of ether oxygens (including phenoxy) is 3. The Hall–Kier alpha value is -2.40. The number of rotatable bonds is 9. The minimum atomic E-state index is -3.67. The zero-order chi connectivity index (χ0) is 21.7. The molecule has 0 aliphatic carbocycles. The van der Waals surface area contributed by atoms with Crippen molar-refractivity contribution in [3.63, 3.8) is 0 Å². The van der Waals surface area contributed by atoms with Gasteiger partial charge < -0.3 is 14.2 Å². The molecule has 2 heterocycles. The summed E-state index contributed by atoms with van der Waals surface area (Å²) in [6.45, 7) is 0.290. The van der Waals surface area contributed by atoms with E-state index in [1.807, 2.05) is 18.2 Å². The van der Waals surface area contributed by atoms with E-state index in [0.717, 1.165) is 5.69 Å². The summed E-state index contributed by atoms with van der Waals surface area (Å²) in [5.74, 6) is 1.34. The third-order valence-corrected chi connectivity index (χ3v) is 6.82. The zero-order valence-corrected chi connectivity index (χ0v) is 18.3. The average Bonchev–Trinajstić information content (AvgIpc) is 3.15. The number of aromatic nitrogens is 1. The molecular formula is C20H27N3O6S. The molecule has 0 amide bonds. The molecule has 0 bridgehead atoms. The average molecular weight is 438 g/mol. The van der Waals surface area contributed by atoms with Crippen LogP contribution in [-0.4, -0.2) is 65.2 Å². The maximum absolute atomic E-state index is 13.1. The monoisotopic (exact) mass is 437 g/mol. The fourth-order valence-electron chi connectivity index (χ4n) is 3.53. The quantitative estimate of drug-likeness (QED) is 0.631. The largest absolute Gasteiger partial charge is 0.493 e. The summed E-state index contributed by atoms with van der Waals surface area (Å²) in [6, 6.07) is 8.49. The van der Waals surface area contributed by atoms with E-state index in [4.69, 9.17) is 19.0 Å². The molecule has 1 N–H and O–H groups in total. The second-order valence-corrected chi connectivity index (χ2v) is 8.78. The lowest BCUT2D eigenvalue weighted by Crippen LogP contribution is -2.40. The maximum atomic E-state index is 13.1. The Labute approximate surface area is 176 Å². The molecule has 9 nitrogen and oxygen atoms in total. The fraction of sp³-hybridized carbons (Fsp3) is 0.450. The molecule has 1 fully saturated rings. The Balaban J connectivity index is 1.83. The zero-order valence-electron chi connectivity index (χ0n) is 17.5. The van der Waals surface area contributed by atoms with E-state index in [9.17, 15) is 8.42 Å². The van der Waals surface area contributed by atoms with Crippen LogP contribution in [0.1, 0.15) is 17.3 Å². The van der Waals surface area contributed by atoms with Crippen molar-refractivity contribution >= 4 is 10.0 Å². The van der Waals surface area contributed by atoms with Crippen molar-refractivity contribution in [1.82, 2.24) is 14.8 Å². The highest BCUT2D eigenvalue weighted by Gasteiger charge is 2.43. The van der Waals surface area contributed by atoms with Gasteiger partial charge in [-0.15, -0.1) is 0 Å². The van der Waals surface area contributed by atoms with Crippen LogP contribution in [0.25, 0.3) is 0 Å². The lowest BCUT2D eigenvalue weighted by Gasteiger charge is -2.24. The minimum Gasteiger partial charge on any atom is -0.493 e. The van der Waals surface area contributed by atoms with Crippen LogP contribution in [0.5, 0.6) is 17.2 Å². The van der Waals surface area contributed by atoms with Gasteiger partial charge in [-0.25, -0.2) is 13.1 Å². The lowest BCUT2D eigenvalue weighted by molar-refractivity contribution is -0.110. The summed E-state index contributed by atoms with van der Waals surface area (Å²) in [6.07, 6.45) is 2.18. The van der Waals surface area contributed by atoms with Gasteiger partial charge in [0.1, 0.15) is 5.25 Å². The van der Waals surface area contributed by atoms with Crippen molar-refractivity contribution in [3.8, 4) is 17.2 Å². The van der Waals surface area contributed by atoms with Crippen LogP contribution in [0.3, 0.4) is 0 Å². The number of benzene rings is 1. The Bertz CT molecular complexity index is 929. The Morgan fingerprint density at radius 2 is 1.87 bits per heavy atom. The van der Waals surface area contributed by atoms with E-state index < -0.39 is 21.3 Å². The van der Waals surface area contributed by atoms with Gasteiger partial charge in [0.2, 0.25) is 15.8 Å². The molecule has 0 saturated carbocycles. The summed E-state index contributed by atoms with van der Waals surface area (Å²) in [4.78, 5) is 9.79. The molecule has 30 heavy (non-hydrogen) atoms.